The topological polar surface area (TPSA) is 50.7 Å². The lowest BCUT2D eigenvalue weighted by Crippen LogP contribution is -2.25. The lowest BCUT2D eigenvalue weighted by molar-refractivity contribution is 0.516. The Morgan fingerprint density at radius 2 is 1.94 bits per heavy atom. The Morgan fingerprint density at radius 3 is 2.61 bits per heavy atom. The number of nitrogens with zero attached hydrogens (tertiary/aromatic N) is 3. The average Bonchev–Trinajstić information content (AvgIpc) is 2.45. The van der Waals surface area contributed by atoms with Gasteiger partial charge in [-0.05, 0) is 37.1 Å². The van der Waals surface area contributed by atoms with Gasteiger partial charge in [-0.25, -0.2) is 0 Å². The third-order valence-electron chi connectivity index (χ3n) is 2.77. The van der Waals surface area contributed by atoms with Crippen molar-refractivity contribution >= 4 is 0 Å². The molecule has 0 spiro atoms. The van der Waals surface area contributed by atoms with Crippen molar-refractivity contribution < 1.29 is 0 Å². The first-order valence-corrected chi connectivity index (χ1v) is 6.28. The van der Waals surface area contributed by atoms with Crippen molar-refractivity contribution in [3.8, 4) is 0 Å². The van der Waals surface area contributed by atoms with E-state index in [1.807, 2.05) is 30.7 Å². The fourth-order valence-electron chi connectivity index (χ4n) is 1.85. The molecule has 0 radical (unpaired) electrons. The van der Waals surface area contributed by atoms with Crippen LogP contribution in [0.25, 0.3) is 0 Å². The van der Waals surface area contributed by atoms with E-state index in [4.69, 9.17) is 0 Å². The number of aromatic nitrogens is 3. The zero-order valence-corrected chi connectivity index (χ0v) is 10.6. The van der Waals surface area contributed by atoms with Crippen LogP contribution >= 0.6 is 0 Å². The average molecular weight is 242 g/mol. The van der Waals surface area contributed by atoms with Crippen LogP contribution in [0.4, 0.5) is 0 Å². The molecule has 1 unspecified atom stereocenters. The smallest absolute Gasteiger partial charge is 0.0759 e. The van der Waals surface area contributed by atoms with E-state index in [0.717, 1.165) is 25.1 Å². The van der Waals surface area contributed by atoms with E-state index in [0.29, 0.717) is 0 Å². The normalized spacial score (nSPS) is 12.3. The van der Waals surface area contributed by atoms with Gasteiger partial charge in [-0.1, -0.05) is 6.92 Å². The SMILES string of the molecule is CCCNC(Cc1ccncc1)c1cnccn1. The molecular weight excluding hydrogens is 224 g/mol. The highest BCUT2D eigenvalue weighted by Crippen LogP contribution is 2.15. The predicted octanol–water partition coefficient (Wildman–Crippen LogP) is 2.16. The first kappa shape index (κ1) is 12.6. The second-order valence-corrected chi connectivity index (χ2v) is 4.20. The van der Waals surface area contributed by atoms with Crippen molar-refractivity contribution in [2.75, 3.05) is 6.54 Å². The van der Waals surface area contributed by atoms with Gasteiger partial charge in [0.05, 0.1) is 11.7 Å². The fraction of sp³-hybridized carbons (Fsp3) is 0.357. The molecule has 1 N–H and O–H groups in total. The predicted molar refractivity (Wildman–Crippen MR) is 71.0 cm³/mol. The molecule has 1 atom stereocenters. The van der Waals surface area contributed by atoms with Crippen molar-refractivity contribution in [2.45, 2.75) is 25.8 Å². The van der Waals surface area contributed by atoms with Gasteiger partial charge in [0.2, 0.25) is 0 Å². The Hall–Kier alpha value is -1.81. The maximum absolute atomic E-state index is 4.39. The minimum Gasteiger partial charge on any atom is -0.308 e. The molecular formula is C14H18N4. The van der Waals surface area contributed by atoms with E-state index < -0.39 is 0 Å². The number of hydrogen-bond acceptors (Lipinski definition) is 4. The summed E-state index contributed by atoms with van der Waals surface area (Å²) in [5.41, 5.74) is 2.24. The van der Waals surface area contributed by atoms with Crippen LogP contribution < -0.4 is 5.32 Å². The van der Waals surface area contributed by atoms with Gasteiger partial charge >= 0.3 is 0 Å². The van der Waals surface area contributed by atoms with Crippen LogP contribution in [-0.4, -0.2) is 21.5 Å². The monoisotopic (exact) mass is 242 g/mol. The van der Waals surface area contributed by atoms with Crippen molar-refractivity contribution in [1.82, 2.24) is 20.3 Å². The molecule has 2 aromatic rings. The Labute approximate surface area is 108 Å². The van der Waals surface area contributed by atoms with Gasteiger partial charge in [0, 0.05) is 31.0 Å². The molecule has 0 aromatic carbocycles. The highest BCUT2D eigenvalue weighted by molar-refractivity contribution is 5.15. The molecule has 0 amide bonds. The summed E-state index contributed by atoms with van der Waals surface area (Å²) in [6.07, 6.45) is 10.9. The van der Waals surface area contributed by atoms with Crippen molar-refractivity contribution in [2.24, 2.45) is 0 Å². The van der Waals surface area contributed by atoms with Gasteiger partial charge < -0.3 is 5.32 Å². The lowest BCUT2D eigenvalue weighted by atomic mass is 10.0. The van der Waals surface area contributed by atoms with Gasteiger partial charge in [0.25, 0.3) is 0 Å². The summed E-state index contributed by atoms with van der Waals surface area (Å²) in [5, 5.41) is 3.51. The molecule has 4 nitrogen and oxygen atoms in total. The standard InChI is InChI=1S/C14H18N4/c1-2-5-17-13(14-11-16-8-9-18-14)10-12-3-6-15-7-4-12/h3-4,6-9,11,13,17H,2,5,10H2,1H3. The Bertz CT molecular complexity index is 444. The number of hydrogen-bond donors (Lipinski definition) is 1. The Balaban J connectivity index is 2.10. The molecule has 0 saturated carbocycles. The molecule has 2 heterocycles. The van der Waals surface area contributed by atoms with Crippen LogP contribution in [0.1, 0.15) is 30.6 Å². The minimum absolute atomic E-state index is 0.209. The van der Waals surface area contributed by atoms with E-state index >= 15 is 0 Å². The highest BCUT2D eigenvalue weighted by Gasteiger charge is 2.12. The van der Waals surface area contributed by atoms with Crippen LogP contribution in [0.5, 0.6) is 0 Å². The van der Waals surface area contributed by atoms with Gasteiger partial charge in [0.15, 0.2) is 0 Å². The largest absolute Gasteiger partial charge is 0.308 e. The molecule has 0 aliphatic carbocycles. The van der Waals surface area contributed by atoms with Gasteiger partial charge in [-0.3, -0.25) is 15.0 Å². The molecule has 0 saturated heterocycles. The maximum atomic E-state index is 4.39. The summed E-state index contributed by atoms with van der Waals surface area (Å²) < 4.78 is 0. The number of nitrogens with one attached hydrogen (secondary N) is 1. The summed E-state index contributed by atoms with van der Waals surface area (Å²) >= 11 is 0. The van der Waals surface area contributed by atoms with Gasteiger partial charge in [0.1, 0.15) is 0 Å². The number of rotatable bonds is 6. The second kappa shape index (κ2) is 6.81. The minimum atomic E-state index is 0.209. The summed E-state index contributed by atoms with van der Waals surface area (Å²) in [4.78, 5) is 12.6. The van der Waals surface area contributed by atoms with Crippen LogP contribution in [-0.2, 0) is 6.42 Å². The first-order chi connectivity index (χ1) is 8.90. The molecule has 0 fully saturated rings. The molecule has 2 rings (SSSR count). The third-order valence-corrected chi connectivity index (χ3v) is 2.77. The molecule has 4 heteroatoms. The third kappa shape index (κ3) is 3.60. The molecule has 0 bridgehead atoms. The van der Waals surface area contributed by atoms with Gasteiger partial charge in [-0.2, -0.15) is 0 Å². The lowest BCUT2D eigenvalue weighted by Gasteiger charge is -2.17. The van der Waals surface area contributed by atoms with E-state index in [2.05, 4.69) is 27.2 Å². The molecule has 0 aliphatic rings. The molecule has 0 aliphatic heterocycles. The highest BCUT2D eigenvalue weighted by atomic mass is 14.9. The zero-order valence-electron chi connectivity index (χ0n) is 10.6. The maximum Gasteiger partial charge on any atom is 0.0759 e. The van der Waals surface area contributed by atoms with Crippen molar-refractivity contribution in [3.63, 3.8) is 0 Å². The molecule has 2 aromatic heterocycles. The van der Waals surface area contributed by atoms with Crippen LogP contribution in [0.2, 0.25) is 0 Å². The Morgan fingerprint density at radius 1 is 1.11 bits per heavy atom. The van der Waals surface area contributed by atoms with E-state index in [1.54, 1.807) is 12.4 Å². The summed E-state index contributed by atoms with van der Waals surface area (Å²) in [7, 11) is 0. The molecule has 94 valence electrons. The van der Waals surface area contributed by atoms with Crippen LogP contribution in [0.15, 0.2) is 43.1 Å². The Kier molecular flexibility index (Phi) is 4.78. The zero-order chi connectivity index (χ0) is 12.6. The quantitative estimate of drug-likeness (QED) is 0.843. The molecule has 18 heavy (non-hydrogen) atoms. The van der Waals surface area contributed by atoms with Crippen LogP contribution in [0, 0.1) is 0 Å². The second-order valence-electron chi connectivity index (χ2n) is 4.20. The fourth-order valence-corrected chi connectivity index (χ4v) is 1.85. The first-order valence-electron chi connectivity index (χ1n) is 6.28. The van der Waals surface area contributed by atoms with Crippen molar-refractivity contribution in [1.29, 1.82) is 0 Å². The van der Waals surface area contributed by atoms with E-state index in [-0.39, 0.29) is 6.04 Å². The van der Waals surface area contributed by atoms with Crippen LogP contribution in [0.3, 0.4) is 0 Å². The van der Waals surface area contributed by atoms with E-state index in [1.165, 1.54) is 5.56 Å². The summed E-state index contributed by atoms with van der Waals surface area (Å²) in [6, 6.07) is 4.29. The van der Waals surface area contributed by atoms with Gasteiger partial charge in [-0.15, -0.1) is 0 Å². The van der Waals surface area contributed by atoms with Crippen molar-refractivity contribution in [3.05, 3.63) is 54.4 Å². The number of pyridine rings is 1. The summed E-state index contributed by atoms with van der Waals surface area (Å²) in [6.45, 7) is 3.14. The summed E-state index contributed by atoms with van der Waals surface area (Å²) in [5.74, 6) is 0. The van der Waals surface area contributed by atoms with E-state index in [9.17, 15) is 0 Å².